The lowest BCUT2D eigenvalue weighted by molar-refractivity contribution is 0.869. The van der Waals surface area contributed by atoms with Crippen molar-refractivity contribution in [3.63, 3.8) is 0 Å². The molecule has 0 unspecified atom stereocenters. The standard InChI is InChI=1S/C9H8N3/c1-8-3-4-9(7-10-8)12-6-2-5-11-12/h2-6H,1H3. The van der Waals surface area contributed by atoms with Gasteiger partial charge in [-0.2, -0.15) is 5.10 Å². The zero-order chi connectivity index (χ0) is 8.39. The monoisotopic (exact) mass is 158 g/mol. The molecule has 0 saturated heterocycles. The molecule has 0 aromatic carbocycles. The molecule has 0 fully saturated rings. The Morgan fingerprint density at radius 1 is 1.42 bits per heavy atom. The van der Waals surface area contributed by atoms with E-state index in [0.29, 0.717) is 0 Å². The summed E-state index contributed by atoms with van der Waals surface area (Å²) in [7, 11) is 0. The third-order valence-electron chi connectivity index (χ3n) is 1.58. The van der Waals surface area contributed by atoms with Crippen LogP contribution in [0.25, 0.3) is 5.69 Å². The molecule has 0 spiro atoms. The summed E-state index contributed by atoms with van der Waals surface area (Å²) in [6.07, 6.45) is 6.48. The van der Waals surface area contributed by atoms with Crippen molar-refractivity contribution in [2.75, 3.05) is 0 Å². The topological polar surface area (TPSA) is 30.7 Å². The van der Waals surface area contributed by atoms with E-state index in [0.717, 1.165) is 11.4 Å². The van der Waals surface area contributed by atoms with E-state index in [1.807, 2.05) is 31.3 Å². The van der Waals surface area contributed by atoms with Crippen LogP contribution in [0.15, 0.2) is 30.6 Å². The van der Waals surface area contributed by atoms with Gasteiger partial charge in [0.2, 0.25) is 0 Å². The van der Waals surface area contributed by atoms with Gasteiger partial charge in [-0.25, -0.2) is 9.67 Å². The van der Waals surface area contributed by atoms with Gasteiger partial charge in [-0.15, -0.1) is 0 Å². The van der Waals surface area contributed by atoms with E-state index in [2.05, 4.69) is 16.3 Å². The van der Waals surface area contributed by atoms with Crippen molar-refractivity contribution in [3.8, 4) is 5.69 Å². The Labute approximate surface area is 70.7 Å². The van der Waals surface area contributed by atoms with Gasteiger partial charge in [0.25, 0.3) is 0 Å². The van der Waals surface area contributed by atoms with E-state index in [1.54, 1.807) is 10.9 Å². The molecule has 0 aliphatic heterocycles. The van der Waals surface area contributed by atoms with Crippen molar-refractivity contribution in [1.82, 2.24) is 14.8 Å². The van der Waals surface area contributed by atoms with Gasteiger partial charge in [-0.1, -0.05) is 0 Å². The lowest BCUT2D eigenvalue weighted by Crippen LogP contribution is -1.95. The minimum Gasteiger partial charge on any atom is -0.249 e. The molecule has 12 heavy (non-hydrogen) atoms. The SMILES string of the molecule is Cc1ccc(-n2cccn2)[c]n1. The van der Waals surface area contributed by atoms with E-state index in [1.165, 1.54) is 0 Å². The van der Waals surface area contributed by atoms with Crippen LogP contribution < -0.4 is 0 Å². The smallest absolute Gasteiger partial charge is 0.117 e. The maximum absolute atomic E-state index is 4.06. The molecule has 2 aromatic heterocycles. The zero-order valence-corrected chi connectivity index (χ0v) is 6.73. The van der Waals surface area contributed by atoms with Crippen LogP contribution in [-0.2, 0) is 0 Å². The lowest BCUT2D eigenvalue weighted by Gasteiger charge is -1.98. The average Bonchev–Trinajstić information content (AvgIpc) is 2.58. The Bertz CT molecular complexity index is 348. The van der Waals surface area contributed by atoms with Crippen molar-refractivity contribution >= 4 is 0 Å². The van der Waals surface area contributed by atoms with Gasteiger partial charge >= 0.3 is 0 Å². The summed E-state index contributed by atoms with van der Waals surface area (Å²) in [5.41, 5.74) is 1.83. The van der Waals surface area contributed by atoms with Gasteiger partial charge in [0.05, 0.1) is 5.69 Å². The Kier molecular flexibility index (Phi) is 1.63. The molecule has 3 heteroatoms. The van der Waals surface area contributed by atoms with Gasteiger partial charge in [0.1, 0.15) is 6.20 Å². The second kappa shape index (κ2) is 2.77. The van der Waals surface area contributed by atoms with Crippen LogP contribution in [0.5, 0.6) is 0 Å². The highest BCUT2D eigenvalue weighted by atomic mass is 15.3. The maximum Gasteiger partial charge on any atom is 0.117 e. The summed E-state index contributed by atoms with van der Waals surface area (Å²) in [6, 6.07) is 5.75. The molecule has 0 aliphatic rings. The quantitative estimate of drug-likeness (QED) is 0.627. The third-order valence-corrected chi connectivity index (χ3v) is 1.58. The second-order valence-electron chi connectivity index (χ2n) is 2.53. The van der Waals surface area contributed by atoms with Gasteiger partial charge in [-0.3, -0.25) is 0 Å². The third kappa shape index (κ3) is 1.21. The van der Waals surface area contributed by atoms with Crippen LogP contribution >= 0.6 is 0 Å². The molecule has 0 N–H and O–H groups in total. The maximum atomic E-state index is 4.06. The molecule has 0 atom stereocenters. The fourth-order valence-corrected chi connectivity index (χ4v) is 0.958. The molecule has 3 nitrogen and oxygen atoms in total. The van der Waals surface area contributed by atoms with E-state index in [4.69, 9.17) is 0 Å². The Balaban J connectivity index is 2.43. The van der Waals surface area contributed by atoms with Crippen LogP contribution in [0.4, 0.5) is 0 Å². The lowest BCUT2D eigenvalue weighted by atomic mass is 10.3. The molecule has 2 heterocycles. The highest BCUT2D eigenvalue weighted by molar-refractivity contribution is 5.26. The minimum absolute atomic E-state index is 0.866. The van der Waals surface area contributed by atoms with Crippen molar-refractivity contribution in [3.05, 3.63) is 42.5 Å². The summed E-state index contributed by atoms with van der Waals surface area (Å²) >= 11 is 0. The van der Waals surface area contributed by atoms with Crippen molar-refractivity contribution in [1.29, 1.82) is 0 Å². The summed E-state index contributed by atoms with van der Waals surface area (Å²) < 4.78 is 1.73. The fraction of sp³-hybridized carbons (Fsp3) is 0.111. The van der Waals surface area contributed by atoms with Gasteiger partial charge < -0.3 is 0 Å². The first-order valence-electron chi connectivity index (χ1n) is 3.71. The minimum atomic E-state index is 0.866. The first-order valence-corrected chi connectivity index (χ1v) is 3.71. The largest absolute Gasteiger partial charge is 0.249 e. The van der Waals surface area contributed by atoms with Crippen LogP contribution in [-0.4, -0.2) is 14.8 Å². The Morgan fingerprint density at radius 2 is 2.33 bits per heavy atom. The van der Waals surface area contributed by atoms with Crippen LogP contribution in [0, 0.1) is 13.1 Å². The van der Waals surface area contributed by atoms with Gasteiger partial charge in [0, 0.05) is 18.1 Å². The number of aryl methyl sites for hydroxylation is 1. The molecule has 0 bridgehead atoms. The van der Waals surface area contributed by atoms with Crippen LogP contribution in [0.1, 0.15) is 5.69 Å². The number of hydrogen-bond donors (Lipinski definition) is 0. The first kappa shape index (κ1) is 7.03. The normalized spacial score (nSPS) is 10.1. The van der Waals surface area contributed by atoms with E-state index >= 15 is 0 Å². The number of nitrogens with zero attached hydrogens (tertiary/aromatic N) is 3. The molecule has 0 amide bonds. The molecular weight excluding hydrogens is 150 g/mol. The Hall–Kier alpha value is -1.64. The first-order chi connectivity index (χ1) is 5.86. The highest BCUT2D eigenvalue weighted by Crippen LogP contribution is 2.03. The zero-order valence-electron chi connectivity index (χ0n) is 6.73. The molecule has 0 aliphatic carbocycles. The number of pyridine rings is 1. The van der Waals surface area contributed by atoms with E-state index < -0.39 is 0 Å². The molecular formula is C9H8N3. The van der Waals surface area contributed by atoms with E-state index in [9.17, 15) is 0 Å². The molecule has 59 valence electrons. The van der Waals surface area contributed by atoms with Gasteiger partial charge in [-0.05, 0) is 25.1 Å². The summed E-state index contributed by atoms with van der Waals surface area (Å²) in [6.45, 7) is 1.93. The predicted octanol–water partition coefficient (Wildman–Crippen LogP) is 1.38. The molecule has 2 rings (SSSR count). The molecule has 0 saturated carbocycles. The average molecular weight is 158 g/mol. The summed E-state index contributed by atoms with van der Waals surface area (Å²) in [5.74, 6) is 0. The van der Waals surface area contributed by atoms with Crippen molar-refractivity contribution < 1.29 is 0 Å². The van der Waals surface area contributed by atoms with Crippen LogP contribution in [0.2, 0.25) is 0 Å². The van der Waals surface area contributed by atoms with Crippen LogP contribution in [0.3, 0.4) is 0 Å². The van der Waals surface area contributed by atoms with Gasteiger partial charge in [0.15, 0.2) is 0 Å². The van der Waals surface area contributed by atoms with Crippen molar-refractivity contribution in [2.24, 2.45) is 0 Å². The highest BCUT2D eigenvalue weighted by Gasteiger charge is 1.94. The number of rotatable bonds is 1. The molecule has 1 radical (unpaired) electrons. The summed E-state index contributed by atoms with van der Waals surface area (Å²) in [4.78, 5) is 4.05. The molecule has 2 aromatic rings. The number of hydrogen-bond acceptors (Lipinski definition) is 2. The second-order valence-corrected chi connectivity index (χ2v) is 2.53. The Morgan fingerprint density at radius 3 is 2.92 bits per heavy atom. The predicted molar refractivity (Wildman–Crippen MR) is 44.9 cm³/mol. The summed E-state index contributed by atoms with van der Waals surface area (Å²) in [5, 5.41) is 4.06. The number of aromatic nitrogens is 3. The fourth-order valence-electron chi connectivity index (χ4n) is 0.958. The van der Waals surface area contributed by atoms with Crippen molar-refractivity contribution in [2.45, 2.75) is 6.92 Å². The van der Waals surface area contributed by atoms with E-state index in [-0.39, 0.29) is 0 Å².